The van der Waals surface area contributed by atoms with E-state index < -0.39 is 0 Å². The van der Waals surface area contributed by atoms with Crippen LogP contribution in [0.2, 0.25) is 0 Å². The lowest BCUT2D eigenvalue weighted by atomic mass is 10.3. The molecule has 2 heterocycles. The predicted molar refractivity (Wildman–Crippen MR) is 70.3 cm³/mol. The van der Waals surface area contributed by atoms with Crippen molar-refractivity contribution in [2.24, 2.45) is 0 Å². The molecule has 0 spiro atoms. The number of anilines is 2. The Morgan fingerprint density at radius 1 is 1.41 bits per heavy atom. The maximum atomic E-state index is 5.90. The minimum absolute atomic E-state index is 0.494. The Bertz CT molecular complexity index is 501. The van der Waals surface area contributed by atoms with Crippen LogP contribution in [0.1, 0.15) is 18.7 Å². The number of aromatic nitrogens is 2. The molecule has 0 saturated carbocycles. The van der Waals surface area contributed by atoms with Gasteiger partial charge in [0, 0.05) is 18.0 Å². The van der Waals surface area contributed by atoms with Gasteiger partial charge in [-0.3, -0.25) is 0 Å². The molecule has 0 fully saturated rings. The first-order chi connectivity index (χ1) is 8.15. The minimum Gasteiger partial charge on any atom is -0.390 e. The molecule has 2 aromatic rings. The van der Waals surface area contributed by atoms with Gasteiger partial charge in [-0.2, -0.15) is 4.98 Å². The Labute approximate surface area is 104 Å². The normalized spacial score (nSPS) is 10.8. The third-order valence-corrected chi connectivity index (χ3v) is 3.46. The zero-order chi connectivity index (χ0) is 12.4. The lowest BCUT2D eigenvalue weighted by Crippen LogP contribution is -2.22. The summed E-state index contributed by atoms with van der Waals surface area (Å²) in [5, 5.41) is 4.69. The van der Waals surface area contributed by atoms with Gasteiger partial charge in [-0.1, -0.05) is 0 Å². The first-order valence-electron chi connectivity index (χ1n) is 5.60. The molecule has 0 aromatic carbocycles. The molecule has 0 atom stereocenters. The van der Waals surface area contributed by atoms with E-state index in [4.69, 9.17) is 10.3 Å². The fourth-order valence-corrected chi connectivity index (χ4v) is 2.44. The van der Waals surface area contributed by atoms with Crippen LogP contribution in [0.4, 0.5) is 10.9 Å². The number of nitrogens with two attached hydrogens (primary N) is 1. The van der Waals surface area contributed by atoms with E-state index in [0.29, 0.717) is 11.8 Å². The summed E-state index contributed by atoms with van der Waals surface area (Å²) in [4.78, 5) is 7.54. The van der Waals surface area contributed by atoms with Crippen molar-refractivity contribution in [3.8, 4) is 11.5 Å². The molecule has 2 rings (SSSR count). The maximum Gasteiger partial charge on any atom is 0.266 e. The van der Waals surface area contributed by atoms with Crippen molar-refractivity contribution in [3.05, 3.63) is 10.9 Å². The summed E-state index contributed by atoms with van der Waals surface area (Å²) in [5.41, 5.74) is 6.73. The highest BCUT2D eigenvalue weighted by molar-refractivity contribution is 7.16. The van der Waals surface area contributed by atoms with Gasteiger partial charge >= 0.3 is 0 Å². The molecule has 0 saturated heterocycles. The summed E-state index contributed by atoms with van der Waals surface area (Å²) in [6.07, 6.45) is 0. The van der Waals surface area contributed by atoms with Crippen LogP contribution >= 0.6 is 11.3 Å². The molecule has 0 unspecified atom stereocenters. The molecule has 0 aliphatic heterocycles. The molecule has 2 aromatic heterocycles. The molecule has 6 heteroatoms. The van der Waals surface area contributed by atoms with Crippen molar-refractivity contribution < 1.29 is 4.52 Å². The topological polar surface area (TPSA) is 68.2 Å². The average molecular weight is 252 g/mol. The zero-order valence-electron chi connectivity index (χ0n) is 10.2. The molecular formula is C11H16N4OS. The molecule has 0 aliphatic rings. The van der Waals surface area contributed by atoms with Gasteiger partial charge in [0.15, 0.2) is 0 Å². The Kier molecular flexibility index (Phi) is 3.33. The summed E-state index contributed by atoms with van der Waals surface area (Å²) in [6.45, 7) is 7.83. The summed E-state index contributed by atoms with van der Waals surface area (Å²) in [6, 6.07) is 1.97. The number of aryl methyl sites for hydroxylation is 1. The van der Waals surface area contributed by atoms with Gasteiger partial charge in [0.1, 0.15) is 0 Å². The summed E-state index contributed by atoms with van der Waals surface area (Å²) in [5.74, 6) is 1.11. The van der Waals surface area contributed by atoms with Crippen molar-refractivity contribution >= 4 is 22.3 Å². The number of nitrogens with zero attached hydrogens (tertiary/aromatic N) is 3. The standard InChI is InChI=1S/C11H16N4OS/c1-4-15(5-2)11-13-10(16-14-11)8-6-7(3)17-9(8)12/h6H,4-5,12H2,1-3H3. The fraction of sp³-hybridized carbons (Fsp3) is 0.455. The lowest BCUT2D eigenvalue weighted by Gasteiger charge is -2.14. The second kappa shape index (κ2) is 4.75. The van der Waals surface area contributed by atoms with E-state index in [1.807, 2.05) is 17.9 Å². The van der Waals surface area contributed by atoms with E-state index in [1.165, 1.54) is 11.3 Å². The van der Waals surface area contributed by atoms with Crippen molar-refractivity contribution in [1.29, 1.82) is 0 Å². The van der Waals surface area contributed by atoms with Gasteiger partial charge < -0.3 is 15.2 Å². The number of hydrogen-bond donors (Lipinski definition) is 1. The van der Waals surface area contributed by atoms with E-state index in [-0.39, 0.29) is 0 Å². The SMILES string of the molecule is CCN(CC)c1noc(-c2cc(C)sc2N)n1. The van der Waals surface area contributed by atoms with E-state index in [2.05, 4.69) is 24.0 Å². The van der Waals surface area contributed by atoms with Crippen molar-refractivity contribution in [3.63, 3.8) is 0 Å². The molecule has 17 heavy (non-hydrogen) atoms. The molecule has 0 radical (unpaired) electrons. The highest BCUT2D eigenvalue weighted by atomic mass is 32.1. The van der Waals surface area contributed by atoms with E-state index >= 15 is 0 Å². The Morgan fingerprint density at radius 2 is 2.12 bits per heavy atom. The maximum absolute atomic E-state index is 5.90. The monoisotopic (exact) mass is 252 g/mol. The number of rotatable bonds is 4. The molecule has 92 valence electrons. The molecular weight excluding hydrogens is 236 g/mol. The molecule has 0 aliphatic carbocycles. The van der Waals surface area contributed by atoms with Crippen LogP contribution in [0.5, 0.6) is 0 Å². The van der Waals surface area contributed by atoms with Crippen LogP contribution in [0.25, 0.3) is 11.5 Å². The van der Waals surface area contributed by atoms with Crippen LogP contribution in [0, 0.1) is 6.92 Å². The van der Waals surface area contributed by atoms with Crippen LogP contribution in [0.3, 0.4) is 0 Å². The second-order valence-electron chi connectivity index (χ2n) is 3.71. The highest BCUT2D eigenvalue weighted by Gasteiger charge is 2.16. The van der Waals surface area contributed by atoms with Crippen LogP contribution < -0.4 is 10.6 Å². The Morgan fingerprint density at radius 3 is 2.65 bits per heavy atom. The van der Waals surface area contributed by atoms with E-state index in [9.17, 15) is 0 Å². The predicted octanol–water partition coefficient (Wildman–Crippen LogP) is 2.53. The van der Waals surface area contributed by atoms with Crippen molar-refractivity contribution in [2.75, 3.05) is 23.7 Å². The fourth-order valence-electron chi connectivity index (χ4n) is 1.66. The van der Waals surface area contributed by atoms with Gasteiger partial charge in [0.2, 0.25) is 0 Å². The third-order valence-electron chi connectivity index (χ3n) is 2.58. The van der Waals surface area contributed by atoms with Gasteiger partial charge in [-0.25, -0.2) is 0 Å². The molecule has 5 nitrogen and oxygen atoms in total. The molecule has 2 N–H and O–H groups in total. The quantitative estimate of drug-likeness (QED) is 0.905. The average Bonchev–Trinajstić information content (AvgIpc) is 2.87. The zero-order valence-corrected chi connectivity index (χ0v) is 11.0. The van der Waals surface area contributed by atoms with Crippen molar-refractivity contribution in [1.82, 2.24) is 10.1 Å². The molecule has 0 bridgehead atoms. The van der Waals surface area contributed by atoms with Crippen molar-refractivity contribution in [2.45, 2.75) is 20.8 Å². The van der Waals surface area contributed by atoms with Gasteiger partial charge in [0.25, 0.3) is 11.8 Å². The summed E-state index contributed by atoms with van der Waals surface area (Å²) in [7, 11) is 0. The van der Waals surface area contributed by atoms with Crippen LogP contribution in [0.15, 0.2) is 10.6 Å². The van der Waals surface area contributed by atoms with Crippen LogP contribution in [-0.4, -0.2) is 23.2 Å². The third kappa shape index (κ3) is 2.26. The highest BCUT2D eigenvalue weighted by Crippen LogP contribution is 2.33. The van der Waals surface area contributed by atoms with Gasteiger partial charge in [-0.05, 0) is 32.0 Å². The Hall–Kier alpha value is -1.56. The Balaban J connectivity index is 2.32. The number of thiophene rings is 1. The smallest absolute Gasteiger partial charge is 0.266 e. The largest absolute Gasteiger partial charge is 0.390 e. The minimum atomic E-state index is 0.494. The van der Waals surface area contributed by atoms with E-state index in [0.717, 1.165) is 28.5 Å². The van der Waals surface area contributed by atoms with Gasteiger partial charge in [0.05, 0.1) is 10.6 Å². The van der Waals surface area contributed by atoms with Gasteiger partial charge in [-0.15, -0.1) is 11.3 Å². The first-order valence-corrected chi connectivity index (χ1v) is 6.42. The summed E-state index contributed by atoms with van der Waals surface area (Å²) < 4.78 is 5.25. The number of nitrogen functional groups attached to an aromatic ring is 1. The van der Waals surface area contributed by atoms with Crippen LogP contribution in [-0.2, 0) is 0 Å². The first kappa shape index (κ1) is 11.9. The van der Waals surface area contributed by atoms with E-state index in [1.54, 1.807) is 0 Å². The number of hydrogen-bond acceptors (Lipinski definition) is 6. The lowest BCUT2D eigenvalue weighted by molar-refractivity contribution is 0.430. The molecule has 0 amide bonds. The second-order valence-corrected chi connectivity index (χ2v) is 4.99. The summed E-state index contributed by atoms with van der Waals surface area (Å²) >= 11 is 1.53.